The lowest BCUT2D eigenvalue weighted by Gasteiger charge is -2.19. The summed E-state index contributed by atoms with van der Waals surface area (Å²) >= 11 is 0. The fourth-order valence-electron chi connectivity index (χ4n) is 2.44. The predicted molar refractivity (Wildman–Crippen MR) is 77.0 cm³/mol. The summed E-state index contributed by atoms with van der Waals surface area (Å²) in [5.41, 5.74) is 1.30. The molecule has 1 aromatic rings. The van der Waals surface area contributed by atoms with E-state index >= 15 is 0 Å². The van der Waals surface area contributed by atoms with Gasteiger partial charge in [0.15, 0.2) is 9.84 Å². The van der Waals surface area contributed by atoms with Crippen molar-refractivity contribution in [3.8, 4) is 0 Å². The molecule has 0 bridgehead atoms. The third-order valence-electron chi connectivity index (χ3n) is 3.23. The molecular formula is C13H19NO4S2. The van der Waals surface area contributed by atoms with E-state index in [0.717, 1.165) is 5.56 Å². The third-order valence-corrected chi connectivity index (χ3v) is 6.91. The summed E-state index contributed by atoms with van der Waals surface area (Å²) in [7, 11) is -7.05. The maximum Gasteiger partial charge on any atom is 0.241 e. The summed E-state index contributed by atoms with van der Waals surface area (Å²) in [6, 6.07) is 2.75. The Morgan fingerprint density at radius 3 is 2.50 bits per heavy atom. The van der Waals surface area contributed by atoms with Gasteiger partial charge in [-0.05, 0) is 50.8 Å². The molecule has 112 valence electrons. The van der Waals surface area contributed by atoms with Crippen LogP contribution in [0.5, 0.6) is 0 Å². The largest absolute Gasteiger partial charge is 0.241 e. The van der Waals surface area contributed by atoms with Gasteiger partial charge in [0.25, 0.3) is 0 Å². The van der Waals surface area contributed by atoms with Gasteiger partial charge in [0.1, 0.15) is 0 Å². The van der Waals surface area contributed by atoms with E-state index in [-0.39, 0.29) is 21.6 Å². The van der Waals surface area contributed by atoms with Crippen LogP contribution in [0.2, 0.25) is 0 Å². The SMILES string of the molecule is Cc1cc2c(cc1S(=O)(=O)NC(C)C)S(=O)(=O)CCC2. The van der Waals surface area contributed by atoms with Crippen LogP contribution in [-0.4, -0.2) is 28.6 Å². The summed E-state index contributed by atoms with van der Waals surface area (Å²) in [5.74, 6) is 0.0835. The van der Waals surface area contributed by atoms with Crippen LogP contribution < -0.4 is 4.72 Å². The molecule has 20 heavy (non-hydrogen) atoms. The molecule has 0 unspecified atom stereocenters. The maximum absolute atomic E-state index is 12.3. The van der Waals surface area contributed by atoms with Gasteiger partial charge in [0, 0.05) is 6.04 Å². The standard InChI is InChI=1S/C13H19NO4S2/c1-9(2)14-20(17,18)12-8-13-11(7-10(12)3)5-4-6-19(13,15)16/h7-9,14H,4-6H2,1-3H3. The Morgan fingerprint density at radius 2 is 1.90 bits per heavy atom. The molecule has 5 nitrogen and oxygen atoms in total. The van der Waals surface area contributed by atoms with Gasteiger partial charge in [-0.15, -0.1) is 0 Å². The first-order chi connectivity index (χ1) is 9.13. The first-order valence-corrected chi connectivity index (χ1v) is 9.65. The molecule has 0 aromatic heterocycles. The Kier molecular flexibility index (Phi) is 3.96. The number of benzene rings is 1. The predicted octanol–water partition coefficient (Wildman–Crippen LogP) is 1.40. The summed E-state index contributed by atoms with van der Waals surface area (Å²) in [5, 5.41) is 0. The smallest absolute Gasteiger partial charge is 0.224 e. The van der Waals surface area contributed by atoms with E-state index in [0.29, 0.717) is 18.4 Å². The zero-order valence-corrected chi connectivity index (χ0v) is 13.4. The molecule has 1 heterocycles. The fraction of sp³-hybridized carbons (Fsp3) is 0.538. The van der Waals surface area contributed by atoms with Crippen molar-refractivity contribution < 1.29 is 16.8 Å². The van der Waals surface area contributed by atoms with E-state index in [2.05, 4.69) is 4.72 Å². The molecule has 0 saturated carbocycles. The van der Waals surface area contributed by atoms with Crippen molar-refractivity contribution in [1.82, 2.24) is 4.72 Å². The van der Waals surface area contributed by atoms with Crippen LogP contribution in [0.1, 0.15) is 31.4 Å². The van der Waals surface area contributed by atoms with Gasteiger partial charge < -0.3 is 0 Å². The molecule has 2 rings (SSSR count). The fourth-order valence-corrected chi connectivity index (χ4v) is 5.62. The molecule has 0 spiro atoms. The van der Waals surface area contributed by atoms with Crippen LogP contribution in [0.4, 0.5) is 0 Å². The van der Waals surface area contributed by atoms with Crippen molar-refractivity contribution in [3.63, 3.8) is 0 Å². The Labute approximate surface area is 120 Å². The van der Waals surface area contributed by atoms with Crippen LogP contribution in [0.3, 0.4) is 0 Å². The third kappa shape index (κ3) is 2.89. The first kappa shape index (κ1) is 15.5. The summed E-state index contributed by atoms with van der Waals surface area (Å²) in [4.78, 5) is 0.217. The van der Waals surface area contributed by atoms with E-state index < -0.39 is 19.9 Å². The minimum atomic E-state index is -3.69. The molecule has 7 heteroatoms. The van der Waals surface area contributed by atoms with Crippen molar-refractivity contribution in [2.45, 2.75) is 49.4 Å². The average molecular weight is 317 g/mol. The number of sulfonamides is 1. The second-order valence-electron chi connectivity index (χ2n) is 5.42. The van der Waals surface area contributed by atoms with Gasteiger partial charge in [0.2, 0.25) is 10.0 Å². The van der Waals surface area contributed by atoms with Crippen LogP contribution in [0, 0.1) is 6.92 Å². The monoisotopic (exact) mass is 317 g/mol. The highest BCUT2D eigenvalue weighted by atomic mass is 32.2. The van der Waals surface area contributed by atoms with E-state index in [4.69, 9.17) is 0 Å². The number of hydrogen-bond donors (Lipinski definition) is 1. The van der Waals surface area contributed by atoms with Crippen LogP contribution in [0.25, 0.3) is 0 Å². The molecule has 1 aliphatic rings. The quantitative estimate of drug-likeness (QED) is 0.914. The van der Waals surface area contributed by atoms with E-state index in [9.17, 15) is 16.8 Å². The van der Waals surface area contributed by atoms with Crippen LogP contribution in [0.15, 0.2) is 21.9 Å². The zero-order chi connectivity index (χ0) is 15.1. The maximum atomic E-state index is 12.3. The number of fused-ring (bicyclic) bond motifs is 1. The number of hydrogen-bond acceptors (Lipinski definition) is 4. The van der Waals surface area contributed by atoms with Crippen LogP contribution >= 0.6 is 0 Å². The first-order valence-electron chi connectivity index (χ1n) is 6.52. The van der Waals surface area contributed by atoms with Crippen molar-refractivity contribution in [3.05, 3.63) is 23.3 Å². The highest BCUT2D eigenvalue weighted by Crippen LogP contribution is 2.29. The number of rotatable bonds is 3. The molecule has 0 amide bonds. The minimum absolute atomic E-state index is 0.0513. The summed E-state index contributed by atoms with van der Waals surface area (Å²) in [6.07, 6.45) is 1.26. The topological polar surface area (TPSA) is 80.3 Å². The minimum Gasteiger partial charge on any atom is -0.224 e. The highest BCUT2D eigenvalue weighted by molar-refractivity contribution is 7.91. The molecule has 0 fully saturated rings. The van der Waals surface area contributed by atoms with Gasteiger partial charge in [-0.3, -0.25) is 0 Å². The molecule has 0 aliphatic carbocycles. The van der Waals surface area contributed by atoms with E-state index in [1.54, 1.807) is 26.8 Å². The lowest BCUT2D eigenvalue weighted by Crippen LogP contribution is -2.31. The lowest BCUT2D eigenvalue weighted by atomic mass is 10.1. The lowest BCUT2D eigenvalue weighted by molar-refractivity contribution is 0.568. The summed E-state index contributed by atoms with van der Waals surface area (Å²) in [6.45, 7) is 5.14. The molecule has 0 radical (unpaired) electrons. The Balaban J connectivity index is 2.63. The van der Waals surface area contributed by atoms with Crippen molar-refractivity contribution in [2.24, 2.45) is 0 Å². The van der Waals surface area contributed by atoms with Gasteiger partial charge in [-0.25, -0.2) is 21.6 Å². The van der Waals surface area contributed by atoms with Crippen molar-refractivity contribution in [2.75, 3.05) is 5.75 Å². The molecule has 0 saturated heterocycles. The Bertz CT molecular complexity index is 734. The van der Waals surface area contributed by atoms with Gasteiger partial charge in [-0.1, -0.05) is 6.07 Å². The normalized spacial score (nSPS) is 18.0. The Morgan fingerprint density at radius 1 is 1.25 bits per heavy atom. The second-order valence-corrected chi connectivity index (χ2v) is 9.18. The second kappa shape index (κ2) is 5.13. The van der Waals surface area contributed by atoms with Gasteiger partial charge >= 0.3 is 0 Å². The molecule has 1 aliphatic heterocycles. The van der Waals surface area contributed by atoms with E-state index in [1.165, 1.54) is 6.07 Å². The molecule has 1 aromatic carbocycles. The molecule has 0 atom stereocenters. The number of aryl methyl sites for hydroxylation is 2. The molecule has 1 N–H and O–H groups in total. The number of nitrogens with one attached hydrogen (secondary N) is 1. The van der Waals surface area contributed by atoms with Crippen molar-refractivity contribution >= 4 is 19.9 Å². The van der Waals surface area contributed by atoms with Gasteiger partial charge in [-0.2, -0.15) is 0 Å². The highest BCUT2D eigenvalue weighted by Gasteiger charge is 2.28. The average Bonchev–Trinajstić information content (AvgIpc) is 2.25. The van der Waals surface area contributed by atoms with Gasteiger partial charge in [0.05, 0.1) is 15.5 Å². The molecular weight excluding hydrogens is 298 g/mol. The Hall–Kier alpha value is -0.920. The van der Waals surface area contributed by atoms with Crippen molar-refractivity contribution in [1.29, 1.82) is 0 Å². The summed E-state index contributed by atoms with van der Waals surface area (Å²) < 4.78 is 51.1. The number of sulfone groups is 1. The zero-order valence-electron chi connectivity index (χ0n) is 11.8. The van der Waals surface area contributed by atoms with Crippen LogP contribution in [-0.2, 0) is 26.3 Å². The van der Waals surface area contributed by atoms with E-state index in [1.807, 2.05) is 0 Å².